The fraction of sp³-hybridized carbons (Fsp3) is 0.435. The number of rotatable bonds is 18. The first kappa shape index (κ1) is 43.3. The molecule has 0 radical (unpaired) electrons. The fourth-order valence-corrected chi connectivity index (χ4v) is 7.33. The van der Waals surface area contributed by atoms with E-state index < -0.39 is 23.6 Å². The molecule has 0 aliphatic carbocycles. The van der Waals surface area contributed by atoms with Crippen molar-refractivity contribution in [2.45, 2.75) is 119 Å². The number of nitrogens with one attached hydrogen (secondary N) is 4. The molecule has 10 nitrogen and oxygen atoms in total. The van der Waals surface area contributed by atoms with Gasteiger partial charge in [-0.25, -0.2) is 0 Å². The lowest BCUT2D eigenvalue weighted by Gasteiger charge is -2.25. The van der Waals surface area contributed by atoms with E-state index in [1.54, 1.807) is 6.07 Å². The van der Waals surface area contributed by atoms with Crippen molar-refractivity contribution in [3.05, 3.63) is 93.0 Å². The van der Waals surface area contributed by atoms with Crippen LogP contribution in [0, 0.1) is 0 Å². The number of nitrogens with two attached hydrogens (primary N) is 2. The van der Waals surface area contributed by atoms with Crippen molar-refractivity contribution >= 4 is 57.2 Å². The van der Waals surface area contributed by atoms with Gasteiger partial charge in [0.15, 0.2) is 0 Å². The number of carbonyl (C=O) groups excluding carboxylic acids is 4. The quantitative estimate of drug-likeness (QED) is 0.0551. The normalized spacial score (nSPS) is 11.5. The van der Waals surface area contributed by atoms with Crippen LogP contribution in [0.1, 0.15) is 182 Å². The van der Waals surface area contributed by atoms with Crippen molar-refractivity contribution < 1.29 is 19.2 Å². The molecular formula is C46H62N6O4. The Labute approximate surface area is 333 Å². The summed E-state index contributed by atoms with van der Waals surface area (Å²) in [4.78, 5) is 57.3. The van der Waals surface area contributed by atoms with E-state index in [1.165, 1.54) is 6.07 Å². The third-order valence-corrected chi connectivity index (χ3v) is 10.3. The smallest absolute Gasteiger partial charge is 0.258 e. The van der Waals surface area contributed by atoms with Crippen LogP contribution < -0.4 is 32.7 Å². The first-order valence-electron chi connectivity index (χ1n) is 20.2. The van der Waals surface area contributed by atoms with Crippen molar-refractivity contribution in [1.82, 2.24) is 0 Å². The largest absolute Gasteiger partial charge is 0.384 e. The standard InChI is InChI=1S/C46H62N6O4/c1-11-13-21-49-35-23-33(43(47)53)37-38(39(35)44(48)54)34(45(55)51-41-29(25(3)4)17-15-18-30(41)26(5)6)24-36(50-22-14-12-2)40(37)46(56)52-42-31(27(7)8)19-16-20-32(42)28(9)10/h15-20,23-28,49-50H,11-14,21-22H2,1-10H3,(H2,47,53)(H2,48,54)(H,51,55)(H,52,56). The zero-order valence-electron chi connectivity index (χ0n) is 35.0. The highest BCUT2D eigenvalue weighted by Crippen LogP contribution is 2.41. The lowest BCUT2D eigenvalue weighted by atomic mass is 9.87. The maximum absolute atomic E-state index is 15.1. The monoisotopic (exact) mass is 762 g/mol. The summed E-state index contributed by atoms with van der Waals surface area (Å²) < 4.78 is 0. The molecule has 10 heteroatoms. The van der Waals surface area contributed by atoms with E-state index in [1.807, 2.05) is 43.3 Å². The second-order valence-corrected chi connectivity index (χ2v) is 15.9. The second-order valence-electron chi connectivity index (χ2n) is 15.9. The van der Waals surface area contributed by atoms with Crippen LogP contribution >= 0.6 is 0 Å². The van der Waals surface area contributed by atoms with E-state index in [0.717, 1.165) is 47.9 Å². The molecule has 4 amide bonds. The summed E-state index contributed by atoms with van der Waals surface area (Å²) in [5, 5.41) is 13.3. The Morgan fingerprint density at radius 3 is 1.29 bits per heavy atom. The van der Waals surface area contributed by atoms with Gasteiger partial charge in [0.2, 0.25) is 5.91 Å². The van der Waals surface area contributed by atoms with Crippen LogP contribution in [0.3, 0.4) is 0 Å². The average Bonchev–Trinajstić information content (AvgIpc) is 3.13. The van der Waals surface area contributed by atoms with Gasteiger partial charge >= 0.3 is 0 Å². The molecule has 4 aromatic rings. The molecule has 0 aromatic heterocycles. The van der Waals surface area contributed by atoms with Gasteiger partial charge in [-0.2, -0.15) is 0 Å². The molecule has 0 spiro atoms. The van der Waals surface area contributed by atoms with E-state index in [9.17, 15) is 14.4 Å². The Balaban J connectivity index is 2.20. The Kier molecular flexibility index (Phi) is 14.7. The summed E-state index contributed by atoms with van der Waals surface area (Å²) in [6, 6.07) is 15.0. The van der Waals surface area contributed by atoms with Crippen molar-refractivity contribution in [3.8, 4) is 0 Å². The molecule has 56 heavy (non-hydrogen) atoms. The van der Waals surface area contributed by atoms with Gasteiger partial charge in [-0.05, 0) is 70.9 Å². The summed E-state index contributed by atoms with van der Waals surface area (Å²) in [6.07, 6.45) is 3.26. The lowest BCUT2D eigenvalue weighted by Crippen LogP contribution is -2.25. The van der Waals surface area contributed by atoms with Gasteiger partial charge in [0.05, 0.1) is 16.7 Å². The van der Waals surface area contributed by atoms with Crippen LogP contribution in [-0.4, -0.2) is 36.7 Å². The molecule has 0 bridgehead atoms. The summed E-state index contributed by atoms with van der Waals surface area (Å²) in [7, 11) is 0. The maximum Gasteiger partial charge on any atom is 0.258 e. The predicted octanol–water partition coefficient (Wildman–Crippen LogP) is 10.5. The van der Waals surface area contributed by atoms with Crippen LogP contribution in [0.2, 0.25) is 0 Å². The first-order valence-corrected chi connectivity index (χ1v) is 20.2. The van der Waals surface area contributed by atoms with Gasteiger partial charge < -0.3 is 32.7 Å². The minimum absolute atomic E-state index is 0.00732. The summed E-state index contributed by atoms with van der Waals surface area (Å²) in [5.74, 6) is -2.36. The van der Waals surface area contributed by atoms with Crippen molar-refractivity contribution in [1.29, 1.82) is 0 Å². The second kappa shape index (κ2) is 19.0. The topological polar surface area (TPSA) is 168 Å². The molecule has 0 aliphatic heterocycles. The number of anilines is 4. The molecular weight excluding hydrogens is 701 g/mol. The van der Waals surface area contributed by atoms with E-state index in [0.29, 0.717) is 30.2 Å². The van der Waals surface area contributed by atoms with E-state index >= 15 is 4.79 Å². The number of benzene rings is 4. The molecule has 0 atom stereocenters. The third-order valence-electron chi connectivity index (χ3n) is 10.3. The molecule has 0 fully saturated rings. The summed E-state index contributed by atoms with van der Waals surface area (Å²) >= 11 is 0. The molecule has 0 unspecified atom stereocenters. The van der Waals surface area contributed by atoms with Gasteiger partial charge in [0.25, 0.3) is 17.7 Å². The van der Waals surface area contributed by atoms with E-state index in [2.05, 4.69) is 83.6 Å². The SMILES string of the molecule is CCCCNc1cc(C(N)=O)c2c(C(=O)Nc3c(C(C)C)cccc3C(C)C)c(NCCCC)cc(C(=O)Nc3c(C(C)C)cccc3C(C)C)c2c1C(N)=O. The number of primary amides is 2. The van der Waals surface area contributed by atoms with Crippen LogP contribution in [0.25, 0.3) is 10.8 Å². The molecule has 0 saturated heterocycles. The highest BCUT2D eigenvalue weighted by atomic mass is 16.2. The Hall–Kier alpha value is -5.38. The Morgan fingerprint density at radius 1 is 0.536 bits per heavy atom. The average molecular weight is 763 g/mol. The van der Waals surface area contributed by atoms with E-state index in [4.69, 9.17) is 11.5 Å². The molecule has 4 aromatic carbocycles. The molecule has 0 saturated carbocycles. The third kappa shape index (κ3) is 9.34. The minimum atomic E-state index is -0.826. The highest BCUT2D eigenvalue weighted by molar-refractivity contribution is 6.30. The van der Waals surface area contributed by atoms with Gasteiger partial charge in [-0.1, -0.05) is 118 Å². The van der Waals surface area contributed by atoms with Gasteiger partial charge in [0.1, 0.15) is 0 Å². The number of fused-ring (bicyclic) bond motifs is 1. The van der Waals surface area contributed by atoms with Crippen LogP contribution in [0.15, 0.2) is 48.5 Å². The van der Waals surface area contributed by atoms with Crippen molar-refractivity contribution in [2.75, 3.05) is 34.4 Å². The molecule has 300 valence electrons. The number of hydrogen-bond acceptors (Lipinski definition) is 6. The summed E-state index contributed by atoms with van der Waals surface area (Å²) in [6.45, 7) is 21.5. The first-order chi connectivity index (χ1) is 26.5. The van der Waals surface area contributed by atoms with Crippen LogP contribution in [0.4, 0.5) is 22.7 Å². The zero-order valence-corrected chi connectivity index (χ0v) is 35.0. The minimum Gasteiger partial charge on any atom is -0.384 e. The maximum atomic E-state index is 15.1. The molecule has 0 heterocycles. The summed E-state index contributed by atoms with van der Waals surface area (Å²) in [5.41, 5.74) is 18.3. The lowest BCUT2D eigenvalue weighted by molar-refractivity contribution is 0.0989. The van der Waals surface area contributed by atoms with Crippen molar-refractivity contribution in [3.63, 3.8) is 0 Å². The van der Waals surface area contributed by atoms with Crippen molar-refractivity contribution in [2.24, 2.45) is 11.5 Å². The number of para-hydroxylation sites is 2. The molecule has 0 aliphatic rings. The number of amides is 4. The highest BCUT2D eigenvalue weighted by Gasteiger charge is 2.31. The zero-order chi connectivity index (χ0) is 41.4. The fourth-order valence-electron chi connectivity index (χ4n) is 7.33. The molecule has 8 N–H and O–H groups in total. The van der Waals surface area contributed by atoms with E-state index in [-0.39, 0.29) is 62.4 Å². The molecule has 4 rings (SSSR count). The number of unbranched alkanes of at least 4 members (excludes halogenated alkanes) is 2. The predicted molar refractivity (Wildman–Crippen MR) is 233 cm³/mol. The van der Waals surface area contributed by atoms with Crippen LogP contribution in [-0.2, 0) is 0 Å². The van der Waals surface area contributed by atoms with Crippen LogP contribution in [0.5, 0.6) is 0 Å². The van der Waals surface area contributed by atoms with Gasteiger partial charge in [0, 0.05) is 52.2 Å². The number of carbonyl (C=O) groups is 4. The van der Waals surface area contributed by atoms with Gasteiger partial charge in [-0.15, -0.1) is 0 Å². The Bertz CT molecular complexity index is 2050. The number of hydrogen-bond donors (Lipinski definition) is 6. The Morgan fingerprint density at radius 2 is 0.911 bits per heavy atom. The van der Waals surface area contributed by atoms with Gasteiger partial charge in [-0.3, -0.25) is 19.2 Å².